The topological polar surface area (TPSA) is 35.0 Å². The quantitative estimate of drug-likeness (QED) is 0.698. The van der Waals surface area contributed by atoms with E-state index in [-0.39, 0.29) is 0 Å². The Morgan fingerprint density at radius 1 is 0.864 bits per heavy atom. The van der Waals surface area contributed by atoms with Gasteiger partial charge in [0.1, 0.15) is 11.6 Å². The normalized spacial score (nSPS) is 10.5. The maximum Gasteiger partial charge on any atom is 0.126 e. The highest BCUT2D eigenvalue weighted by molar-refractivity contribution is 6.30. The number of aryl methyl sites for hydroxylation is 1. The van der Waals surface area contributed by atoms with Crippen LogP contribution in [0.2, 0.25) is 5.02 Å². The minimum Gasteiger partial charge on any atom is -0.497 e. The van der Waals surface area contributed by atoms with Crippen molar-refractivity contribution in [2.45, 2.75) is 6.92 Å². The zero-order valence-corrected chi connectivity index (χ0v) is 13.1. The lowest BCUT2D eigenvalue weighted by Crippen LogP contribution is -1.94. The maximum atomic E-state index is 6.07. The van der Waals surface area contributed by atoms with E-state index < -0.39 is 0 Å². The average Bonchev–Trinajstić information content (AvgIpc) is 2.54. The number of hydrogen-bond donors (Lipinski definition) is 0. The highest BCUT2D eigenvalue weighted by Crippen LogP contribution is 2.26. The van der Waals surface area contributed by atoms with Crippen molar-refractivity contribution in [2.75, 3.05) is 7.11 Å². The van der Waals surface area contributed by atoms with Gasteiger partial charge in [0.05, 0.1) is 18.5 Å². The fourth-order valence-corrected chi connectivity index (χ4v) is 2.46. The average molecular weight is 311 g/mol. The van der Waals surface area contributed by atoms with Crippen LogP contribution in [0.3, 0.4) is 0 Å². The summed E-state index contributed by atoms with van der Waals surface area (Å²) in [5, 5.41) is 0.694. The summed E-state index contributed by atoms with van der Waals surface area (Å²) in [4.78, 5) is 9.03. The molecule has 0 bridgehead atoms. The number of methoxy groups -OCH3 is 1. The van der Waals surface area contributed by atoms with Gasteiger partial charge in [0.15, 0.2) is 0 Å². The van der Waals surface area contributed by atoms with Crippen molar-refractivity contribution < 1.29 is 4.74 Å². The monoisotopic (exact) mass is 310 g/mol. The fraction of sp³-hybridized carbons (Fsp3) is 0.111. The van der Waals surface area contributed by atoms with Crippen LogP contribution < -0.4 is 4.74 Å². The molecule has 3 rings (SSSR count). The summed E-state index contributed by atoms with van der Waals surface area (Å²) in [7, 11) is 1.65. The second kappa shape index (κ2) is 6.16. The molecule has 1 heterocycles. The molecule has 0 aliphatic heterocycles. The fourth-order valence-electron chi connectivity index (χ4n) is 2.27. The van der Waals surface area contributed by atoms with Gasteiger partial charge in [0, 0.05) is 16.1 Å². The summed E-state index contributed by atoms with van der Waals surface area (Å²) in [6.45, 7) is 1.89. The molecule has 22 heavy (non-hydrogen) atoms. The Morgan fingerprint density at radius 3 is 2.18 bits per heavy atom. The van der Waals surface area contributed by atoms with Gasteiger partial charge in [-0.2, -0.15) is 0 Å². The molecule has 0 aliphatic carbocycles. The molecule has 2 aromatic carbocycles. The van der Waals surface area contributed by atoms with Gasteiger partial charge in [-0.05, 0) is 49.4 Å². The van der Waals surface area contributed by atoms with E-state index in [4.69, 9.17) is 16.3 Å². The largest absolute Gasteiger partial charge is 0.497 e. The van der Waals surface area contributed by atoms with Crippen LogP contribution in [0.1, 0.15) is 5.82 Å². The van der Waals surface area contributed by atoms with Crippen LogP contribution in [0.4, 0.5) is 0 Å². The molecule has 0 saturated carbocycles. The van der Waals surface area contributed by atoms with E-state index in [9.17, 15) is 0 Å². The van der Waals surface area contributed by atoms with E-state index in [1.54, 1.807) is 7.11 Å². The van der Waals surface area contributed by atoms with Crippen molar-refractivity contribution in [3.63, 3.8) is 0 Å². The summed E-state index contributed by atoms with van der Waals surface area (Å²) in [6.07, 6.45) is 0. The molecule has 0 aliphatic rings. The van der Waals surface area contributed by atoms with E-state index in [0.717, 1.165) is 34.1 Å². The molecular weight excluding hydrogens is 296 g/mol. The maximum absolute atomic E-state index is 6.07. The predicted octanol–water partition coefficient (Wildman–Crippen LogP) is 4.78. The van der Waals surface area contributed by atoms with Crippen LogP contribution in [0.25, 0.3) is 22.5 Å². The zero-order valence-electron chi connectivity index (χ0n) is 12.4. The van der Waals surface area contributed by atoms with Gasteiger partial charge in [-0.15, -0.1) is 0 Å². The Morgan fingerprint density at radius 2 is 1.55 bits per heavy atom. The molecule has 0 saturated heterocycles. The third-order valence-corrected chi connectivity index (χ3v) is 3.58. The number of nitrogens with zero attached hydrogens (tertiary/aromatic N) is 2. The van der Waals surface area contributed by atoms with Crippen molar-refractivity contribution in [2.24, 2.45) is 0 Å². The number of aromatic nitrogens is 2. The number of ether oxygens (including phenoxy) is 1. The van der Waals surface area contributed by atoms with Gasteiger partial charge in [-0.25, -0.2) is 9.97 Å². The molecule has 110 valence electrons. The zero-order chi connectivity index (χ0) is 15.5. The highest BCUT2D eigenvalue weighted by atomic mass is 35.5. The molecule has 3 nitrogen and oxygen atoms in total. The van der Waals surface area contributed by atoms with Crippen LogP contribution in [-0.4, -0.2) is 17.1 Å². The number of rotatable bonds is 3. The summed E-state index contributed by atoms with van der Waals surface area (Å²) < 4.78 is 5.19. The van der Waals surface area contributed by atoms with E-state index in [1.165, 1.54) is 0 Å². The molecule has 0 radical (unpaired) electrons. The molecule has 0 unspecified atom stereocenters. The van der Waals surface area contributed by atoms with Gasteiger partial charge in [0.25, 0.3) is 0 Å². The Kier molecular flexibility index (Phi) is 4.07. The molecule has 1 aromatic heterocycles. The number of benzene rings is 2. The Bertz CT molecular complexity index is 800. The van der Waals surface area contributed by atoms with E-state index in [2.05, 4.69) is 9.97 Å². The van der Waals surface area contributed by atoms with E-state index in [0.29, 0.717) is 5.02 Å². The lowest BCUT2D eigenvalue weighted by molar-refractivity contribution is 0.415. The first-order valence-corrected chi connectivity index (χ1v) is 7.29. The molecule has 0 atom stereocenters. The van der Waals surface area contributed by atoms with E-state index >= 15 is 0 Å². The van der Waals surface area contributed by atoms with Crippen molar-refractivity contribution >= 4 is 11.6 Å². The Hall–Kier alpha value is -2.39. The van der Waals surface area contributed by atoms with Crippen LogP contribution >= 0.6 is 11.6 Å². The summed E-state index contributed by atoms with van der Waals surface area (Å²) in [6, 6.07) is 17.5. The Labute approximate surface area is 134 Å². The van der Waals surface area contributed by atoms with Crippen molar-refractivity contribution in [1.82, 2.24) is 9.97 Å². The van der Waals surface area contributed by atoms with Crippen LogP contribution in [0.5, 0.6) is 5.75 Å². The standard InChI is InChI=1S/C18H15ClN2O/c1-12-20-17(13-6-8-16(22-2)9-7-13)11-18(21-12)14-4-3-5-15(19)10-14/h3-11H,1-2H3. The minimum atomic E-state index is 0.694. The minimum absolute atomic E-state index is 0.694. The Balaban J connectivity index is 2.06. The second-order valence-corrected chi connectivity index (χ2v) is 5.36. The molecule has 0 spiro atoms. The van der Waals surface area contributed by atoms with E-state index in [1.807, 2.05) is 61.5 Å². The summed E-state index contributed by atoms with van der Waals surface area (Å²) in [5.41, 5.74) is 3.74. The van der Waals surface area contributed by atoms with Crippen molar-refractivity contribution in [3.05, 3.63) is 65.4 Å². The van der Waals surface area contributed by atoms with Gasteiger partial charge in [-0.3, -0.25) is 0 Å². The third kappa shape index (κ3) is 3.10. The van der Waals surface area contributed by atoms with Gasteiger partial charge >= 0.3 is 0 Å². The first-order valence-electron chi connectivity index (χ1n) is 6.92. The number of halogens is 1. The molecule has 3 aromatic rings. The molecule has 0 N–H and O–H groups in total. The molecular formula is C18H15ClN2O. The summed E-state index contributed by atoms with van der Waals surface area (Å²) in [5.74, 6) is 1.55. The van der Waals surface area contributed by atoms with Crippen LogP contribution in [0.15, 0.2) is 54.6 Å². The smallest absolute Gasteiger partial charge is 0.126 e. The lowest BCUT2D eigenvalue weighted by atomic mass is 10.1. The summed E-state index contributed by atoms with van der Waals surface area (Å²) >= 11 is 6.07. The lowest BCUT2D eigenvalue weighted by Gasteiger charge is -2.08. The molecule has 0 fully saturated rings. The predicted molar refractivity (Wildman–Crippen MR) is 89.2 cm³/mol. The third-order valence-electron chi connectivity index (χ3n) is 3.34. The number of hydrogen-bond acceptors (Lipinski definition) is 3. The van der Waals surface area contributed by atoms with Crippen LogP contribution in [0, 0.1) is 6.92 Å². The van der Waals surface area contributed by atoms with Gasteiger partial charge in [0.2, 0.25) is 0 Å². The van der Waals surface area contributed by atoms with Crippen molar-refractivity contribution in [3.8, 4) is 28.3 Å². The highest BCUT2D eigenvalue weighted by Gasteiger charge is 2.07. The molecule has 0 amide bonds. The van der Waals surface area contributed by atoms with Crippen molar-refractivity contribution in [1.29, 1.82) is 0 Å². The van der Waals surface area contributed by atoms with Gasteiger partial charge in [-0.1, -0.05) is 23.7 Å². The first-order chi connectivity index (χ1) is 10.7. The van der Waals surface area contributed by atoms with Gasteiger partial charge < -0.3 is 4.74 Å². The second-order valence-electron chi connectivity index (χ2n) is 4.92. The van der Waals surface area contributed by atoms with Crippen LogP contribution in [-0.2, 0) is 0 Å². The SMILES string of the molecule is COc1ccc(-c2cc(-c3cccc(Cl)c3)nc(C)n2)cc1. The molecule has 4 heteroatoms. The first kappa shape index (κ1) is 14.5.